The van der Waals surface area contributed by atoms with Crippen LogP contribution in [0.1, 0.15) is 20.8 Å². The highest BCUT2D eigenvalue weighted by Crippen LogP contribution is 2.26. The van der Waals surface area contributed by atoms with Gasteiger partial charge < -0.3 is 10.6 Å². The third kappa shape index (κ3) is 1.80. The summed E-state index contributed by atoms with van der Waals surface area (Å²) in [5.41, 5.74) is 8.18. The molecule has 1 aliphatic heterocycles. The number of nitrogen functional groups attached to an aromatic ring is 1. The van der Waals surface area contributed by atoms with E-state index in [4.69, 9.17) is 5.73 Å². The molecule has 2 aromatic rings. The number of fused-ring (bicyclic) bond motifs is 1. The minimum atomic E-state index is 0.0840. The van der Waals surface area contributed by atoms with Crippen molar-refractivity contribution in [3.8, 4) is 0 Å². The van der Waals surface area contributed by atoms with E-state index < -0.39 is 0 Å². The fourth-order valence-corrected chi connectivity index (χ4v) is 2.82. The van der Waals surface area contributed by atoms with Crippen LogP contribution in [0.15, 0.2) is 35.7 Å². The molecule has 0 atom stereocenters. The average Bonchev–Trinajstić information content (AvgIpc) is 2.91. The Bertz CT molecular complexity index is 563. The quantitative estimate of drug-likeness (QED) is 0.825. The molecule has 3 rings (SSSR count). The van der Waals surface area contributed by atoms with E-state index in [9.17, 15) is 4.79 Å². The number of thiophene rings is 1. The lowest BCUT2D eigenvalue weighted by molar-refractivity contribution is 0.0768. The lowest BCUT2D eigenvalue weighted by atomic mass is 10.1. The number of nitrogens with zero attached hydrogens (tertiary/aromatic N) is 1. The van der Waals surface area contributed by atoms with Crippen LogP contribution in [0.2, 0.25) is 0 Å². The first-order chi connectivity index (χ1) is 8.24. The van der Waals surface area contributed by atoms with Crippen LogP contribution < -0.4 is 5.73 Å². The van der Waals surface area contributed by atoms with Gasteiger partial charge in [0, 0.05) is 22.7 Å². The van der Waals surface area contributed by atoms with Gasteiger partial charge in [-0.05, 0) is 29.1 Å². The monoisotopic (exact) mass is 244 g/mol. The predicted molar refractivity (Wildman–Crippen MR) is 68.8 cm³/mol. The van der Waals surface area contributed by atoms with Crippen molar-refractivity contribution in [2.24, 2.45) is 0 Å². The fraction of sp³-hybridized carbons (Fsp3) is 0.154. The maximum absolute atomic E-state index is 12.2. The molecule has 1 aromatic carbocycles. The Morgan fingerprint density at radius 1 is 1.35 bits per heavy atom. The van der Waals surface area contributed by atoms with Crippen LogP contribution >= 0.6 is 11.3 Å². The standard InChI is InChI=1S/C13H12N2OS/c14-10-4-3-9-7-15(13(16)12(9)6-10)8-11-2-1-5-17-11/h1-6H,7-8,14H2. The zero-order valence-corrected chi connectivity index (χ0v) is 10.0. The number of rotatable bonds is 2. The maximum atomic E-state index is 12.2. The molecule has 86 valence electrons. The van der Waals surface area contributed by atoms with Crippen molar-refractivity contribution in [1.29, 1.82) is 0 Å². The van der Waals surface area contributed by atoms with E-state index in [2.05, 4.69) is 6.07 Å². The molecule has 0 bridgehead atoms. The second-order valence-corrected chi connectivity index (χ2v) is 5.19. The topological polar surface area (TPSA) is 46.3 Å². The van der Waals surface area contributed by atoms with Gasteiger partial charge in [-0.3, -0.25) is 4.79 Å². The summed E-state index contributed by atoms with van der Waals surface area (Å²) in [7, 11) is 0. The highest BCUT2D eigenvalue weighted by molar-refractivity contribution is 7.09. The van der Waals surface area contributed by atoms with Crippen molar-refractivity contribution >= 4 is 22.9 Å². The van der Waals surface area contributed by atoms with Gasteiger partial charge in [0.2, 0.25) is 0 Å². The molecule has 0 saturated carbocycles. The minimum absolute atomic E-state index is 0.0840. The summed E-state index contributed by atoms with van der Waals surface area (Å²) < 4.78 is 0. The molecule has 1 amide bonds. The fourth-order valence-electron chi connectivity index (χ4n) is 2.10. The van der Waals surface area contributed by atoms with E-state index in [1.807, 2.05) is 28.5 Å². The number of hydrogen-bond acceptors (Lipinski definition) is 3. The molecule has 0 radical (unpaired) electrons. The van der Waals surface area contributed by atoms with Gasteiger partial charge in [-0.15, -0.1) is 11.3 Å². The summed E-state index contributed by atoms with van der Waals surface area (Å²) in [6.45, 7) is 1.37. The second kappa shape index (κ2) is 3.89. The van der Waals surface area contributed by atoms with Gasteiger partial charge in [0.05, 0.1) is 6.54 Å². The zero-order chi connectivity index (χ0) is 11.8. The molecule has 0 unspecified atom stereocenters. The summed E-state index contributed by atoms with van der Waals surface area (Å²) in [6.07, 6.45) is 0. The minimum Gasteiger partial charge on any atom is -0.399 e. The highest BCUT2D eigenvalue weighted by atomic mass is 32.1. The summed E-state index contributed by atoms with van der Waals surface area (Å²) in [4.78, 5) is 15.2. The van der Waals surface area contributed by atoms with Crippen molar-refractivity contribution in [1.82, 2.24) is 4.90 Å². The predicted octanol–water partition coefficient (Wildman–Crippen LogP) is 2.49. The first-order valence-electron chi connectivity index (χ1n) is 5.44. The van der Waals surface area contributed by atoms with Crippen molar-refractivity contribution < 1.29 is 4.79 Å². The average molecular weight is 244 g/mol. The van der Waals surface area contributed by atoms with Crippen LogP contribution in [-0.4, -0.2) is 10.8 Å². The molecule has 1 aromatic heterocycles. The second-order valence-electron chi connectivity index (χ2n) is 4.16. The Balaban J connectivity index is 1.86. The zero-order valence-electron chi connectivity index (χ0n) is 9.22. The van der Waals surface area contributed by atoms with Gasteiger partial charge in [0.1, 0.15) is 0 Å². The van der Waals surface area contributed by atoms with Crippen LogP contribution in [0.3, 0.4) is 0 Å². The molecular weight excluding hydrogens is 232 g/mol. The van der Waals surface area contributed by atoms with Gasteiger partial charge >= 0.3 is 0 Å². The Morgan fingerprint density at radius 3 is 3.00 bits per heavy atom. The maximum Gasteiger partial charge on any atom is 0.254 e. The summed E-state index contributed by atoms with van der Waals surface area (Å²) in [5.74, 6) is 0.0840. The van der Waals surface area contributed by atoms with Crippen molar-refractivity contribution in [2.45, 2.75) is 13.1 Å². The summed E-state index contributed by atoms with van der Waals surface area (Å²) >= 11 is 1.68. The Labute approximate surface area is 103 Å². The molecule has 0 saturated heterocycles. The lowest BCUT2D eigenvalue weighted by Crippen LogP contribution is -2.22. The van der Waals surface area contributed by atoms with Gasteiger partial charge in [-0.1, -0.05) is 12.1 Å². The van der Waals surface area contributed by atoms with Crippen molar-refractivity contribution in [3.05, 3.63) is 51.7 Å². The lowest BCUT2D eigenvalue weighted by Gasteiger charge is -2.13. The molecule has 0 spiro atoms. The molecule has 2 heterocycles. The smallest absolute Gasteiger partial charge is 0.254 e. The third-order valence-corrected chi connectivity index (χ3v) is 3.80. The first-order valence-corrected chi connectivity index (χ1v) is 6.32. The largest absolute Gasteiger partial charge is 0.399 e. The third-order valence-electron chi connectivity index (χ3n) is 2.94. The Hall–Kier alpha value is -1.81. The molecule has 17 heavy (non-hydrogen) atoms. The Morgan fingerprint density at radius 2 is 2.24 bits per heavy atom. The SMILES string of the molecule is Nc1ccc2c(c1)C(=O)N(Cc1cccs1)C2. The van der Waals surface area contributed by atoms with E-state index in [1.165, 1.54) is 4.88 Å². The summed E-state index contributed by atoms with van der Waals surface area (Å²) in [6, 6.07) is 9.62. The molecule has 4 heteroatoms. The van der Waals surface area contributed by atoms with Gasteiger partial charge in [0.25, 0.3) is 5.91 Å². The number of hydrogen-bond donors (Lipinski definition) is 1. The van der Waals surface area contributed by atoms with Crippen LogP contribution in [0.25, 0.3) is 0 Å². The van der Waals surface area contributed by atoms with Crippen LogP contribution in [0.4, 0.5) is 5.69 Å². The number of amides is 1. The van der Waals surface area contributed by atoms with E-state index in [-0.39, 0.29) is 5.91 Å². The number of anilines is 1. The van der Waals surface area contributed by atoms with Gasteiger partial charge in [-0.2, -0.15) is 0 Å². The molecular formula is C13H12N2OS. The molecule has 0 aliphatic carbocycles. The first kappa shape index (κ1) is 10.4. The van der Waals surface area contributed by atoms with E-state index in [0.717, 1.165) is 11.1 Å². The molecule has 3 nitrogen and oxygen atoms in total. The Kier molecular flexibility index (Phi) is 2.37. The van der Waals surface area contributed by atoms with Crippen LogP contribution in [0, 0.1) is 0 Å². The van der Waals surface area contributed by atoms with Gasteiger partial charge in [0.15, 0.2) is 0 Å². The van der Waals surface area contributed by atoms with Crippen LogP contribution in [0.5, 0.6) is 0 Å². The van der Waals surface area contributed by atoms with E-state index in [0.29, 0.717) is 18.8 Å². The van der Waals surface area contributed by atoms with Gasteiger partial charge in [-0.25, -0.2) is 0 Å². The number of nitrogens with two attached hydrogens (primary N) is 1. The number of benzene rings is 1. The van der Waals surface area contributed by atoms with Crippen molar-refractivity contribution in [3.63, 3.8) is 0 Å². The normalized spacial score (nSPS) is 14.1. The number of carbonyl (C=O) groups excluding carboxylic acids is 1. The molecule has 1 aliphatic rings. The number of carbonyl (C=O) groups is 1. The molecule has 0 fully saturated rings. The highest BCUT2D eigenvalue weighted by Gasteiger charge is 2.27. The van der Waals surface area contributed by atoms with Crippen molar-refractivity contribution in [2.75, 3.05) is 5.73 Å². The summed E-state index contributed by atoms with van der Waals surface area (Å²) in [5, 5.41) is 2.03. The van der Waals surface area contributed by atoms with E-state index in [1.54, 1.807) is 17.4 Å². The van der Waals surface area contributed by atoms with Crippen LogP contribution in [-0.2, 0) is 13.1 Å². The molecule has 2 N–H and O–H groups in total. The van der Waals surface area contributed by atoms with E-state index >= 15 is 0 Å².